The zero-order valence-electron chi connectivity index (χ0n) is 13.2. The van der Waals surface area contributed by atoms with Gasteiger partial charge in [-0.2, -0.15) is 0 Å². The van der Waals surface area contributed by atoms with Crippen LogP contribution in [-0.4, -0.2) is 36.7 Å². The SMILES string of the molecule is CCOC1(OCC)C[C@@H](C(=O)O)[C@@H]1COCc1ccccc1. The van der Waals surface area contributed by atoms with Gasteiger partial charge >= 0.3 is 5.97 Å². The van der Waals surface area contributed by atoms with E-state index in [9.17, 15) is 9.90 Å². The molecule has 0 heterocycles. The summed E-state index contributed by atoms with van der Waals surface area (Å²) in [5.74, 6) is -2.39. The molecule has 0 spiro atoms. The number of rotatable bonds is 9. The quantitative estimate of drug-likeness (QED) is 0.711. The van der Waals surface area contributed by atoms with Crippen molar-refractivity contribution in [2.45, 2.75) is 32.7 Å². The van der Waals surface area contributed by atoms with Crippen molar-refractivity contribution in [3.63, 3.8) is 0 Å². The number of ether oxygens (including phenoxy) is 3. The molecule has 1 fully saturated rings. The number of hydrogen-bond acceptors (Lipinski definition) is 4. The summed E-state index contributed by atoms with van der Waals surface area (Å²) in [7, 11) is 0. The van der Waals surface area contributed by atoms with E-state index in [0.29, 0.717) is 32.8 Å². The van der Waals surface area contributed by atoms with Crippen LogP contribution < -0.4 is 0 Å². The molecule has 0 bridgehead atoms. The third-order valence-corrected chi connectivity index (χ3v) is 4.06. The molecule has 2 rings (SSSR count). The van der Waals surface area contributed by atoms with Crippen LogP contribution in [0, 0.1) is 11.8 Å². The van der Waals surface area contributed by atoms with Crippen LogP contribution >= 0.6 is 0 Å². The Hall–Kier alpha value is -1.43. The van der Waals surface area contributed by atoms with Gasteiger partial charge in [0.15, 0.2) is 5.79 Å². The van der Waals surface area contributed by atoms with Crippen molar-refractivity contribution in [2.24, 2.45) is 11.8 Å². The van der Waals surface area contributed by atoms with E-state index < -0.39 is 17.7 Å². The smallest absolute Gasteiger partial charge is 0.307 e. The Labute approximate surface area is 131 Å². The van der Waals surface area contributed by atoms with E-state index in [1.165, 1.54) is 0 Å². The fourth-order valence-electron chi connectivity index (χ4n) is 2.99. The second kappa shape index (κ2) is 7.72. The van der Waals surface area contributed by atoms with Crippen LogP contribution in [0.15, 0.2) is 30.3 Å². The van der Waals surface area contributed by atoms with E-state index in [0.717, 1.165) is 5.56 Å². The van der Waals surface area contributed by atoms with Gasteiger partial charge in [0.05, 0.1) is 19.1 Å². The molecule has 0 saturated heterocycles. The topological polar surface area (TPSA) is 65.0 Å². The lowest BCUT2D eigenvalue weighted by Crippen LogP contribution is -2.61. The molecule has 5 nitrogen and oxygen atoms in total. The van der Waals surface area contributed by atoms with Gasteiger partial charge in [0.1, 0.15) is 0 Å². The minimum Gasteiger partial charge on any atom is -0.481 e. The predicted octanol–water partition coefficient (Wildman–Crippen LogP) is 2.69. The van der Waals surface area contributed by atoms with Crippen molar-refractivity contribution < 1.29 is 24.1 Å². The van der Waals surface area contributed by atoms with Gasteiger partial charge in [-0.3, -0.25) is 4.79 Å². The van der Waals surface area contributed by atoms with Gasteiger partial charge in [0.2, 0.25) is 0 Å². The molecule has 1 saturated carbocycles. The Balaban J connectivity index is 1.97. The summed E-state index contributed by atoms with van der Waals surface area (Å²) in [5, 5.41) is 9.32. The predicted molar refractivity (Wildman–Crippen MR) is 81.3 cm³/mol. The minimum atomic E-state index is -0.816. The van der Waals surface area contributed by atoms with Gasteiger partial charge in [-0.25, -0.2) is 0 Å². The first-order valence-electron chi connectivity index (χ1n) is 7.75. The molecule has 0 unspecified atom stereocenters. The van der Waals surface area contributed by atoms with Crippen molar-refractivity contribution in [1.29, 1.82) is 0 Å². The lowest BCUT2D eigenvalue weighted by Gasteiger charge is -2.51. The van der Waals surface area contributed by atoms with Crippen LogP contribution in [0.5, 0.6) is 0 Å². The lowest BCUT2D eigenvalue weighted by molar-refractivity contribution is -0.333. The molecular formula is C17H24O5. The summed E-state index contributed by atoms with van der Waals surface area (Å²) < 4.78 is 17.2. The van der Waals surface area contributed by atoms with Gasteiger partial charge in [-0.1, -0.05) is 30.3 Å². The molecule has 1 N–H and O–H groups in total. The number of benzene rings is 1. The molecule has 0 radical (unpaired) electrons. The highest BCUT2D eigenvalue weighted by molar-refractivity contribution is 5.72. The number of aliphatic carboxylic acids is 1. The molecule has 122 valence electrons. The third kappa shape index (κ3) is 3.66. The number of hydrogen-bond donors (Lipinski definition) is 1. The van der Waals surface area contributed by atoms with Crippen molar-refractivity contribution in [3.05, 3.63) is 35.9 Å². The van der Waals surface area contributed by atoms with E-state index in [4.69, 9.17) is 14.2 Å². The second-order valence-corrected chi connectivity index (χ2v) is 5.43. The molecule has 1 aromatic carbocycles. The summed E-state index contributed by atoms with van der Waals surface area (Å²) in [6, 6.07) is 9.81. The van der Waals surface area contributed by atoms with Crippen molar-refractivity contribution >= 4 is 5.97 Å². The molecular weight excluding hydrogens is 284 g/mol. The van der Waals surface area contributed by atoms with Crippen LogP contribution in [0.1, 0.15) is 25.8 Å². The van der Waals surface area contributed by atoms with Gasteiger partial charge in [-0.05, 0) is 19.4 Å². The molecule has 1 aromatic rings. The molecule has 0 aliphatic heterocycles. The maximum absolute atomic E-state index is 11.4. The van der Waals surface area contributed by atoms with E-state index in [1.54, 1.807) is 0 Å². The van der Waals surface area contributed by atoms with E-state index in [2.05, 4.69) is 0 Å². The standard InChI is InChI=1S/C17H24O5/c1-3-21-17(22-4-2)10-14(16(18)19)15(17)12-20-11-13-8-6-5-7-9-13/h5-9,14-15H,3-4,10-12H2,1-2H3,(H,18,19)/t14-,15+/m1/s1. The average molecular weight is 308 g/mol. The number of carboxylic acids is 1. The molecule has 0 amide bonds. The van der Waals surface area contributed by atoms with Crippen LogP contribution in [0.25, 0.3) is 0 Å². The van der Waals surface area contributed by atoms with Crippen LogP contribution in [0.2, 0.25) is 0 Å². The average Bonchev–Trinajstić information content (AvgIpc) is 2.50. The normalized spacial score (nSPS) is 23.0. The van der Waals surface area contributed by atoms with Crippen molar-refractivity contribution in [3.8, 4) is 0 Å². The van der Waals surface area contributed by atoms with Crippen molar-refractivity contribution in [2.75, 3.05) is 19.8 Å². The first kappa shape index (κ1) is 16.9. The van der Waals surface area contributed by atoms with Crippen LogP contribution in [0.4, 0.5) is 0 Å². The first-order chi connectivity index (χ1) is 10.6. The largest absolute Gasteiger partial charge is 0.481 e. The molecule has 1 aliphatic rings. The Kier molecular flexibility index (Phi) is 5.94. The maximum atomic E-state index is 11.4. The van der Waals surface area contributed by atoms with Crippen LogP contribution in [-0.2, 0) is 25.6 Å². The van der Waals surface area contributed by atoms with E-state index in [-0.39, 0.29) is 5.92 Å². The highest BCUT2D eigenvalue weighted by atomic mass is 16.7. The van der Waals surface area contributed by atoms with E-state index >= 15 is 0 Å². The first-order valence-corrected chi connectivity index (χ1v) is 7.75. The summed E-state index contributed by atoms with van der Waals surface area (Å²) in [6.07, 6.45) is 0.378. The summed E-state index contributed by atoms with van der Waals surface area (Å²) in [6.45, 7) is 5.51. The Morgan fingerprint density at radius 1 is 1.23 bits per heavy atom. The molecule has 5 heteroatoms. The second-order valence-electron chi connectivity index (χ2n) is 5.43. The Morgan fingerprint density at radius 2 is 1.86 bits per heavy atom. The molecule has 22 heavy (non-hydrogen) atoms. The maximum Gasteiger partial charge on any atom is 0.307 e. The highest BCUT2D eigenvalue weighted by Crippen LogP contribution is 2.48. The summed E-state index contributed by atoms with van der Waals surface area (Å²) >= 11 is 0. The van der Waals surface area contributed by atoms with Gasteiger partial charge < -0.3 is 19.3 Å². The van der Waals surface area contributed by atoms with Gasteiger partial charge in [0.25, 0.3) is 0 Å². The van der Waals surface area contributed by atoms with E-state index in [1.807, 2.05) is 44.2 Å². The summed E-state index contributed by atoms with van der Waals surface area (Å²) in [5.41, 5.74) is 1.06. The van der Waals surface area contributed by atoms with Gasteiger partial charge in [0, 0.05) is 25.6 Å². The molecule has 2 atom stereocenters. The number of carboxylic acid groups (broad SMARTS) is 1. The molecule has 1 aliphatic carbocycles. The van der Waals surface area contributed by atoms with Crippen LogP contribution in [0.3, 0.4) is 0 Å². The van der Waals surface area contributed by atoms with Crippen molar-refractivity contribution in [1.82, 2.24) is 0 Å². The lowest BCUT2D eigenvalue weighted by atomic mass is 9.68. The number of carbonyl (C=O) groups is 1. The highest BCUT2D eigenvalue weighted by Gasteiger charge is 2.59. The zero-order valence-corrected chi connectivity index (χ0v) is 13.2. The Morgan fingerprint density at radius 3 is 2.41 bits per heavy atom. The fourth-order valence-corrected chi connectivity index (χ4v) is 2.99. The minimum absolute atomic E-state index is 0.284. The zero-order chi connectivity index (χ0) is 16.0. The fraction of sp³-hybridized carbons (Fsp3) is 0.588. The third-order valence-electron chi connectivity index (χ3n) is 4.06. The summed E-state index contributed by atoms with van der Waals surface area (Å²) in [4.78, 5) is 11.4. The monoisotopic (exact) mass is 308 g/mol. The Bertz CT molecular complexity index is 467. The molecule has 0 aromatic heterocycles. The van der Waals surface area contributed by atoms with Gasteiger partial charge in [-0.15, -0.1) is 0 Å².